The van der Waals surface area contributed by atoms with Gasteiger partial charge in [-0.05, 0) is 6.07 Å². The second kappa shape index (κ2) is 3.96. The van der Waals surface area contributed by atoms with E-state index in [1.807, 2.05) is 20.8 Å². The van der Waals surface area contributed by atoms with Gasteiger partial charge in [-0.2, -0.15) is 0 Å². The Hall–Kier alpha value is -1.45. The van der Waals surface area contributed by atoms with E-state index in [0.717, 1.165) is 0 Å². The Bertz CT molecular complexity index is 383. The van der Waals surface area contributed by atoms with E-state index in [4.69, 9.17) is 0 Å². The second-order valence-corrected chi connectivity index (χ2v) is 4.26. The maximum atomic E-state index is 13.8. The average molecular weight is 211 g/mol. The first kappa shape index (κ1) is 11.6. The zero-order valence-corrected chi connectivity index (χ0v) is 9.30. The second-order valence-electron chi connectivity index (χ2n) is 4.26. The van der Waals surface area contributed by atoms with E-state index in [-0.39, 0.29) is 11.3 Å². The maximum absolute atomic E-state index is 13.8. The molecule has 0 aliphatic rings. The number of halogens is 1. The van der Waals surface area contributed by atoms with Crippen LogP contribution in [-0.2, 0) is 10.2 Å². The highest BCUT2D eigenvalue weighted by molar-refractivity contribution is 5.89. The van der Waals surface area contributed by atoms with Gasteiger partial charge in [0.15, 0.2) is 5.82 Å². The molecule has 0 amide bonds. The molecule has 1 heterocycles. The number of nitrogens with zero attached hydrogens (tertiary/aromatic N) is 1. The van der Waals surface area contributed by atoms with Crippen LogP contribution >= 0.6 is 0 Å². The zero-order chi connectivity index (χ0) is 11.6. The maximum Gasteiger partial charge on any atom is 0.340 e. The van der Waals surface area contributed by atoms with E-state index in [2.05, 4.69) is 9.72 Å². The molecular weight excluding hydrogens is 197 g/mol. The zero-order valence-electron chi connectivity index (χ0n) is 9.30. The molecule has 3 nitrogen and oxygen atoms in total. The van der Waals surface area contributed by atoms with Crippen LogP contribution in [0.5, 0.6) is 0 Å². The number of aromatic nitrogens is 1. The number of esters is 1. The predicted molar refractivity (Wildman–Crippen MR) is 54.2 cm³/mol. The van der Waals surface area contributed by atoms with Crippen molar-refractivity contribution < 1.29 is 13.9 Å². The van der Waals surface area contributed by atoms with Crippen LogP contribution in [0.3, 0.4) is 0 Å². The molecule has 0 N–H and O–H groups in total. The Kier molecular flexibility index (Phi) is 3.07. The van der Waals surface area contributed by atoms with Crippen LogP contribution in [0.15, 0.2) is 12.3 Å². The van der Waals surface area contributed by atoms with E-state index in [1.54, 1.807) is 0 Å². The topological polar surface area (TPSA) is 39.2 Å². The molecule has 0 aliphatic heterocycles. The van der Waals surface area contributed by atoms with Gasteiger partial charge in [0.2, 0.25) is 0 Å². The lowest BCUT2D eigenvalue weighted by Gasteiger charge is -2.18. The molecule has 0 unspecified atom stereocenters. The van der Waals surface area contributed by atoms with Crippen LogP contribution in [0, 0.1) is 5.82 Å². The molecule has 4 heteroatoms. The summed E-state index contributed by atoms with van der Waals surface area (Å²) in [5.41, 5.74) is -0.239. The fourth-order valence-electron chi connectivity index (χ4n) is 1.23. The third kappa shape index (κ3) is 2.32. The number of rotatable bonds is 1. The SMILES string of the molecule is COC(=O)c1ccnc(C(C)(C)C)c1F. The van der Waals surface area contributed by atoms with Crippen molar-refractivity contribution in [2.24, 2.45) is 0 Å². The van der Waals surface area contributed by atoms with Gasteiger partial charge < -0.3 is 4.74 Å². The number of methoxy groups -OCH3 is 1. The van der Waals surface area contributed by atoms with Gasteiger partial charge in [0.05, 0.1) is 18.4 Å². The Morgan fingerprint density at radius 2 is 2.07 bits per heavy atom. The molecule has 82 valence electrons. The van der Waals surface area contributed by atoms with Crippen LogP contribution in [0.2, 0.25) is 0 Å². The first-order valence-corrected chi connectivity index (χ1v) is 4.61. The average Bonchev–Trinajstić information content (AvgIpc) is 2.15. The van der Waals surface area contributed by atoms with Crippen LogP contribution in [0.4, 0.5) is 4.39 Å². The van der Waals surface area contributed by atoms with Gasteiger partial charge in [-0.1, -0.05) is 20.8 Å². The normalized spacial score (nSPS) is 11.3. The lowest BCUT2D eigenvalue weighted by Crippen LogP contribution is -2.18. The lowest BCUT2D eigenvalue weighted by atomic mass is 9.90. The fourth-order valence-corrected chi connectivity index (χ4v) is 1.23. The molecular formula is C11H14FNO2. The molecule has 0 bridgehead atoms. The molecule has 0 aliphatic carbocycles. The summed E-state index contributed by atoms with van der Waals surface area (Å²) in [5.74, 6) is -1.28. The van der Waals surface area contributed by atoms with E-state index < -0.39 is 17.2 Å². The Balaban J connectivity index is 3.30. The largest absolute Gasteiger partial charge is 0.465 e. The standard InChI is InChI=1S/C11H14FNO2/c1-11(2,3)9-8(12)7(5-6-13-9)10(14)15-4/h5-6H,1-4H3. The molecule has 1 aromatic heterocycles. The third-order valence-corrected chi connectivity index (χ3v) is 2.00. The summed E-state index contributed by atoms with van der Waals surface area (Å²) >= 11 is 0. The van der Waals surface area contributed by atoms with Crippen molar-refractivity contribution in [3.8, 4) is 0 Å². The molecule has 0 spiro atoms. The van der Waals surface area contributed by atoms with Crippen molar-refractivity contribution in [2.45, 2.75) is 26.2 Å². The van der Waals surface area contributed by atoms with E-state index >= 15 is 0 Å². The van der Waals surface area contributed by atoms with Crippen LogP contribution in [-0.4, -0.2) is 18.1 Å². The Morgan fingerprint density at radius 1 is 1.47 bits per heavy atom. The molecule has 1 aromatic rings. The number of hydrogen-bond acceptors (Lipinski definition) is 3. The molecule has 1 rings (SSSR count). The number of carbonyl (C=O) groups is 1. The number of pyridine rings is 1. The molecule has 0 saturated carbocycles. The summed E-state index contributed by atoms with van der Waals surface area (Å²) < 4.78 is 18.3. The summed E-state index contributed by atoms with van der Waals surface area (Å²) in [6.07, 6.45) is 1.41. The van der Waals surface area contributed by atoms with E-state index in [9.17, 15) is 9.18 Å². The van der Waals surface area contributed by atoms with Crippen LogP contribution in [0.25, 0.3) is 0 Å². The highest BCUT2D eigenvalue weighted by Crippen LogP contribution is 2.24. The van der Waals surface area contributed by atoms with Gasteiger partial charge in [-0.3, -0.25) is 4.98 Å². The quantitative estimate of drug-likeness (QED) is 0.669. The number of carbonyl (C=O) groups excluding carboxylic acids is 1. The highest BCUT2D eigenvalue weighted by Gasteiger charge is 2.24. The summed E-state index contributed by atoms with van der Waals surface area (Å²) in [7, 11) is 1.22. The molecule has 15 heavy (non-hydrogen) atoms. The summed E-state index contributed by atoms with van der Waals surface area (Å²) in [6, 6.07) is 1.32. The number of hydrogen-bond donors (Lipinski definition) is 0. The lowest BCUT2D eigenvalue weighted by molar-refractivity contribution is 0.0594. The minimum absolute atomic E-state index is 0.0718. The molecule has 0 radical (unpaired) electrons. The van der Waals surface area contributed by atoms with Gasteiger partial charge in [0.1, 0.15) is 0 Å². The third-order valence-electron chi connectivity index (χ3n) is 2.00. The van der Waals surface area contributed by atoms with Crippen molar-refractivity contribution in [3.05, 3.63) is 29.3 Å². The van der Waals surface area contributed by atoms with Gasteiger partial charge in [0.25, 0.3) is 0 Å². The molecule has 0 saturated heterocycles. The van der Waals surface area contributed by atoms with E-state index in [1.165, 1.54) is 19.4 Å². The monoisotopic (exact) mass is 211 g/mol. The fraction of sp³-hybridized carbons (Fsp3) is 0.455. The summed E-state index contributed by atoms with van der Waals surface area (Å²) in [6.45, 7) is 5.50. The predicted octanol–water partition coefficient (Wildman–Crippen LogP) is 2.30. The highest BCUT2D eigenvalue weighted by atomic mass is 19.1. The van der Waals surface area contributed by atoms with Crippen molar-refractivity contribution in [3.63, 3.8) is 0 Å². The summed E-state index contributed by atoms with van der Waals surface area (Å²) in [5, 5.41) is 0. The molecule has 0 aromatic carbocycles. The van der Waals surface area contributed by atoms with Crippen molar-refractivity contribution in [1.29, 1.82) is 0 Å². The van der Waals surface area contributed by atoms with E-state index in [0.29, 0.717) is 0 Å². The van der Waals surface area contributed by atoms with Crippen LogP contribution in [0.1, 0.15) is 36.8 Å². The van der Waals surface area contributed by atoms with Crippen LogP contribution < -0.4 is 0 Å². The van der Waals surface area contributed by atoms with Gasteiger partial charge in [-0.15, -0.1) is 0 Å². The minimum Gasteiger partial charge on any atom is -0.465 e. The number of ether oxygens (including phenoxy) is 1. The first-order chi connectivity index (χ1) is 6.88. The molecule has 0 atom stereocenters. The Morgan fingerprint density at radius 3 is 2.53 bits per heavy atom. The first-order valence-electron chi connectivity index (χ1n) is 4.61. The van der Waals surface area contributed by atoms with Gasteiger partial charge in [-0.25, -0.2) is 9.18 Å². The van der Waals surface area contributed by atoms with Crippen molar-refractivity contribution in [2.75, 3.05) is 7.11 Å². The summed E-state index contributed by atoms with van der Waals surface area (Å²) in [4.78, 5) is 15.2. The minimum atomic E-state index is -0.680. The van der Waals surface area contributed by atoms with Crippen molar-refractivity contribution >= 4 is 5.97 Å². The van der Waals surface area contributed by atoms with Crippen molar-refractivity contribution in [1.82, 2.24) is 4.98 Å². The Labute approximate surface area is 88.3 Å². The van der Waals surface area contributed by atoms with Gasteiger partial charge >= 0.3 is 5.97 Å². The van der Waals surface area contributed by atoms with Gasteiger partial charge in [0, 0.05) is 11.6 Å². The molecule has 0 fully saturated rings. The smallest absolute Gasteiger partial charge is 0.340 e.